The summed E-state index contributed by atoms with van der Waals surface area (Å²) in [6.07, 6.45) is 6.21. The van der Waals surface area contributed by atoms with Crippen LogP contribution in [0.3, 0.4) is 0 Å². The minimum atomic E-state index is -0.322. The van der Waals surface area contributed by atoms with Crippen molar-refractivity contribution in [2.45, 2.75) is 32.9 Å². The van der Waals surface area contributed by atoms with Gasteiger partial charge in [0.1, 0.15) is 0 Å². The largest absolute Gasteiger partial charge is 0.396 e. The molecule has 2 rings (SSSR count). The molecule has 0 spiro atoms. The Hall–Kier alpha value is -2.41. The highest BCUT2D eigenvalue weighted by Crippen LogP contribution is 2.06. The molecule has 2 unspecified atom stereocenters. The average Bonchev–Trinajstić information content (AvgIpc) is 3.00. The van der Waals surface area contributed by atoms with Crippen molar-refractivity contribution in [3.63, 3.8) is 0 Å². The Balaban J connectivity index is 1.81. The van der Waals surface area contributed by atoms with Crippen molar-refractivity contribution >= 4 is 11.8 Å². The monoisotopic (exact) mass is 317 g/mol. The number of amides is 2. The van der Waals surface area contributed by atoms with Crippen LogP contribution in [0, 0.1) is 5.92 Å². The average molecular weight is 317 g/mol. The van der Waals surface area contributed by atoms with Gasteiger partial charge in [-0.1, -0.05) is 6.92 Å². The summed E-state index contributed by atoms with van der Waals surface area (Å²) in [5.41, 5.74) is 1.19. The van der Waals surface area contributed by atoms with Crippen LogP contribution < -0.4 is 10.6 Å². The number of pyridine rings is 1. The van der Waals surface area contributed by atoms with Crippen molar-refractivity contribution in [1.82, 2.24) is 20.1 Å². The molecule has 2 heterocycles. The van der Waals surface area contributed by atoms with Crippen molar-refractivity contribution in [2.24, 2.45) is 5.92 Å². The number of rotatable bonds is 7. The Morgan fingerprint density at radius 3 is 2.74 bits per heavy atom. The van der Waals surface area contributed by atoms with E-state index in [1.54, 1.807) is 23.1 Å². The summed E-state index contributed by atoms with van der Waals surface area (Å²) in [7, 11) is 0. The first-order valence-electron chi connectivity index (χ1n) is 7.69. The Bertz CT molecular complexity index is 614. The second kappa shape index (κ2) is 8.28. The van der Waals surface area contributed by atoms with E-state index in [9.17, 15) is 4.79 Å². The maximum atomic E-state index is 11.9. The van der Waals surface area contributed by atoms with Crippen molar-refractivity contribution in [1.29, 1.82) is 0 Å². The molecule has 7 nitrogen and oxygen atoms in total. The van der Waals surface area contributed by atoms with E-state index < -0.39 is 0 Å². The van der Waals surface area contributed by atoms with Crippen LogP contribution in [0.5, 0.6) is 0 Å². The third-order valence-electron chi connectivity index (χ3n) is 3.76. The predicted molar refractivity (Wildman–Crippen MR) is 88.0 cm³/mol. The Morgan fingerprint density at radius 1 is 1.30 bits per heavy atom. The van der Waals surface area contributed by atoms with E-state index in [1.165, 1.54) is 5.56 Å². The maximum absolute atomic E-state index is 11.9. The molecule has 0 aromatic carbocycles. The molecule has 2 amide bonds. The topological polar surface area (TPSA) is 92.1 Å². The van der Waals surface area contributed by atoms with E-state index in [1.807, 2.05) is 32.2 Å². The van der Waals surface area contributed by atoms with Gasteiger partial charge in [0.2, 0.25) is 0 Å². The molecule has 0 fully saturated rings. The minimum absolute atomic E-state index is 0.00123. The van der Waals surface area contributed by atoms with Gasteiger partial charge < -0.3 is 10.4 Å². The molecule has 2 atom stereocenters. The van der Waals surface area contributed by atoms with Crippen molar-refractivity contribution in [2.75, 3.05) is 11.9 Å². The molecule has 0 aliphatic carbocycles. The Morgan fingerprint density at radius 2 is 2.04 bits per heavy atom. The summed E-state index contributed by atoms with van der Waals surface area (Å²) < 4.78 is 1.79. The van der Waals surface area contributed by atoms with E-state index in [4.69, 9.17) is 5.11 Å². The predicted octanol–water partition coefficient (Wildman–Crippen LogP) is 1.66. The van der Waals surface area contributed by atoms with E-state index >= 15 is 0 Å². The van der Waals surface area contributed by atoms with Crippen LogP contribution in [0.15, 0.2) is 36.8 Å². The van der Waals surface area contributed by atoms with Crippen LogP contribution in [0.25, 0.3) is 0 Å². The second-order valence-corrected chi connectivity index (χ2v) is 5.62. The molecule has 7 heteroatoms. The molecular weight excluding hydrogens is 294 g/mol. The number of nitrogens with one attached hydrogen (secondary N) is 2. The summed E-state index contributed by atoms with van der Waals surface area (Å²) in [5, 5.41) is 18.9. The molecule has 0 aliphatic rings. The molecule has 2 aromatic rings. The van der Waals surface area contributed by atoms with Gasteiger partial charge in [0.25, 0.3) is 0 Å². The SMILES string of the molecule is CC(CO)C(C)NC(=O)Nc1ccn(CCc2ccncc2)n1. The Labute approximate surface area is 135 Å². The fourth-order valence-corrected chi connectivity index (χ4v) is 2.01. The first kappa shape index (κ1) is 17.0. The van der Waals surface area contributed by atoms with Gasteiger partial charge in [-0.25, -0.2) is 4.79 Å². The van der Waals surface area contributed by atoms with Crippen LogP contribution in [-0.4, -0.2) is 38.6 Å². The number of hydrogen-bond donors (Lipinski definition) is 3. The lowest BCUT2D eigenvalue weighted by molar-refractivity contribution is 0.204. The van der Waals surface area contributed by atoms with Gasteiger partial charge in [-0.05, 0) is 37.0 Å². The van der Waals surface area contributed by atoms with Gasteiger partial charge in [-0.15, -0.1) is 0 Å². The number of aryl methyl sites for hydroxylation is 2. The maximum Gasteiger partial charge on any atom is 0.320 e. The number of carbonyl (C=O) groups is 1. The lowest BCUT2D eigenvalue weighted by Gasteiger charge is -2.18. The lowest BCUT2D eigenvalue weighted by atomic mass is 10.1. The normalized spacial score (nSPS) is 13.3. The van der Waals surface area contributed by atoms with Crippen LogP contribution in [0.4, 0.5) is 10.6 Å². The molecule has 0 saturated heterocycles. The molecule has 2 aromatic heterocycles. The fraction of sp³-hybridized carbons (Fsp3) is 0.438. The number of hydrogen-bond acceptors (Lipinski definition) is 4. The number of aliphatic hydroxyl groups is 1. The zero-order chi connectivity index (χ0) is 16.7. The zero-order valence-corrected chi connectivity index (χ0v) is 13.4. The number of aliphatic hydroxyl groups excluding tert-OH is 1. The third kappa shape index (κ3) is 5.37. The van der Waals surface area contributed by atoms with Crippen molar-refractivity contribution in [3.8, 4) is 0 Å². The molecular formula is C16H23N5O2. The molecule has 0 radical (unpaired) electrons. The second-order valence-electron chi connectivity index (χ2n) is 5.62. The van der Waals surface area contributed by atoms with E-state index in [-0.39, 0.29) is 24.6 Å². The van der Waals surface area contributed by atoms with Crippen LogP contribution >= 0.6 is 0 Å². The number of aromatic nitrogens is 3. The van der Waals surface area contributed by atoms with Gasteiger partial charge >= 0.3 is 6.03 Å². The number of urea groups is 1. The molecule has 3 N–H and O–H groups in total. The summed E-state index contributed by atoms with van der Waals surface area (Å²) in [6.45, 7) is 4.49. The first-order chi connectivity index (χ1) is 11.1. The van der Waals surface area contributed by atoms with Gasteiger partial charge in [0, 0.05) is 43.9 Å². The van der Waals surface area contributed by atoms with Crippen molar-refractivity contribution < 1.29 is 9.90 Å². The first-order valence-corrected chi connectivity index (χ1v) is 7.69. The van der Waals surface area contributed by atoms with E-state index in [0.29, 0.717) is 5.82 Å². The molecule has 124 valence electrons. The fourth-order valence-electron chi connectivity index (χ4n) is 2.01. The lowest BCUT2D eigenvalue weighted by Crippen LogP contribution is -2.40. The molecule has 0 bridgehead atoms. The summed E-state index contributed by atoms with van der Waals surface area (Å²) >= 11 is 0. The van der Waals surface area contributed by atoms with Gasteiger partial charge in [-0.2, -0.15) is 5.10 Å². The molecule has 0 saturated carbocycles. The third-order valence-corrected chi connectivity index (χ3v) is 3.76. The van der Waals surface area contributed by atoms with Crippen LogP contribution in [-0.2, 0) is 13.0 Å². The highest BCUT2D eigenvalue weighted by molar-refractivity contribution is 5.88. The number of nitrogens with zero attached hydrogens (tertiary/aromatic N) is 3. The van der Waals surface area contributed by atoms with Gasteiger partial charge in [0.05, 0.1) is 0 Å². The zero-order valence-electron chi connectivity index (χ0n) is 13.4. The summed E-state index contributed by atoms with van der Waals surface area (Å²) in [5.74, 6) is 0.500. The molecule has 0 aliphatic heterocycles. The van der Waals surface area contributed by atoms with Crippen LogP contribution in [0.1, 0.15) is 19.4 Å². The minimum Gasteiger partial charge on any atom is -0.396 e. The quantitative estimate of drug-likeness (QED) is 0.724. The highest BCUT2D eigenvalue weighted by atomic mass is 16.3. The summed E-state index contributed by atoms with van der Waals surface area (Å²) in [6, 6.07) is 5.26. The molecule has 23 heavy (non-hydrogen) atoms. The van der Waals surface area contributed by atoms with Gasteiger partial charge in [0.15, 0.2) is 5.82 Å². The highest BCUT2D eigenvalue weighted by Gasteiger charge is 2.14. The standard InChI is InChI=1S/C16H23N5O2/c1-12(11-22)13(2)18-16(23)19-15-6-10-21(20-15)9-5-14-3-7-17-8-4-14/h3-4,6-8,10,12-13,22H,5,9,11H2,1-2H3,(H2,18,19,20,23). The number of carbonyl (C=O) groups excluding carboxylic acids is 1. The van der Waals surface area contributed by atoms with Gasteiger partial charge in [-0.3, -0.25) is 15.0 Å². The summed E-state index contributed by atoms with van der Waals surface area (Å²) in [4.78, 5) is 15.9. The van der Waals surface area contributed by atoms with E-state index in [0.717, 1.165) is 13.0 Å². The smallest absolute Gasteiger partial charge is 0.320 e. The Kier molecular flexibility index (Phi) is 6.10. The van der Waals surface area contributed by atoms with Crippen molar-refractivity contribution in [3.05, 3.63) is 42.4 Å². The van der Waals surface area contributed by atoms with E-state index in [2.05, 4.69) is 20.7 Å². The number of anilines is 1. The van der Waals surface area contributed by atoms with Crippen LogP contribution in [0.2, 0.25) is 0 Å².